The van der Waals surface area contributed by atoms with Crippen molar-refractivity contribution in [2.75, 3.05) is 39.8 Å². The van der Waals surface area contributed by atoms with Gasteiger partial charge >= 0.3 is 6.18 Å². The van der Waals surface area contributed by atoms with Crippen molar-refractivity contribution in [2.24, 2.45) is 5.92 Å². The van der Waals surface area contributed by atoms with E-state index in [1.165, 1.54) is 18.6 Å². The number of ether oxygens (including phenoxy) is 1. The van der Waals surface area contributed by atoms with E-state index in [4.69, 9.17) is 4.74 Å². The molecule has 2 aliphatic heterocycles. The summed E-state index contributed by atoms with van der Waals surface area (Å²) in [4.78, 5) is 17.4. The van der Waals surface area contributed by atoms with E-state index in [1.807, 2.05) is 29.2 Å². The molecule has 0 bridgehead atoms. The van der Waals surface area contributed by atoms with Crippen LogP contribution in [0, 0.1) is 5.92 Å². The van der Waals surface area contributed by atoms with E-state index >= 15 is 0 Å². The van der Waals surface area contributed by atoms with Gasteiger partial charge in [-0.2, -0.15) is 13.2 Å². The number of hydrogen-bond donors (Lipinski definition) is 0. The number of methoxy groups -OCH3 is 1. The van der Waals surface area contributed by atoms with Crippen LogP contribution in [-0.4, -0.2) is 55.5 Å². The zero-order valence-corrected chi connectivity index (χ0v) is 19.0. The molecule has 178 valence electrons. The predicted octanol–water partition coefficient (Wildman–Crippen LogP) is 4.98. The Bertz CT molecular complexity index is 939. The molecule has 4 rings (SSSR count). The van der Waals surface area contributed by atoms with Gasteiger partial charge in [0, 0.05) is 25.6 Å². The summed E-state index contributed by atoms with van der Waals surface area (Å²) >= 11 is 0. The Kier molecular flexibility index (Phi) is 7.27. The summed E-state index contributed by atoms with van der Waals surface area (Å²) in [5, 5.41) is 0. The van der Waals surface area contributed by atoms with Crippen LogP contribution in [0.25, 0.3) is 0 Å². The number of carbonyl (C=O) groups excluding carboxylic acids is 1. The second-order valence-electron chi connectivity index (χ2n) is 9.17. The number of nitrogens with zero attached hydrogens (tertiary/aromatic N) is 2. The molecule has 2 atom stereocenters. The molecule has 2 unspecified atom stereocenters. The van der Waals surface area contributed by atoms with Gasteiger partial charge in [0.1, 0.15) is 5.75 Å². The van der Waals surface area contributed by atoms with Crippen molar-refractivity contribution in [1.29, 1.82) is 0 Å². The van der Waals surface area contributed by atoms with Crippen molar-refractivity contribution in [3.05, 3.63) is 65.2 Å². The lowest BCUT2D eigenvalue weighted by molar-refractivity contribution is -0.137. The molecule has 0 aromatic heterocycles. The Morgan fingerprint density at radius 2 is 1.76 bits per heavy atom. The highest BCUT2D eigenvalue weighted by atomic mass is 19.4. The van der Waals surface area contributed by atoms with E-state index in [9.17, 15) is 18.0 Å². The Labute approximate surface area is 193 Å². The van der Waals surface area contributed by atoms with E-state index < -0.39 is 11.7 Å². The zero-order chi connectivity index (χ0) is 23.4. The minimum atomic E-state index is -4.37. The minimum Gasteiger partial charge on any atom is -0.497 e. The Hall–Kier alpha value is -2.54. The van der Waals surface area contributed by atoms with Crippen molar-refractivity contribution in [3.63, 3.8) is 0 Å². The largest absolute Gasteiger partial charge is 0.497 e. The molecular weight excluding hydrogens is 429 g/mol. The highest BCUT2D eigenvalue weighted by Gasteiger charge is 2.38. The third-order valence-corrected chi connectivity index (χ3v) is 6.89. The fourth-order valence-electron chi connectivity index (χ4n) is 5.09. The van der Waals surface area contributed by atoms with Crippen LogP contribution in [0.4, 0.5) is 13.2 Å². The summed E-state index contributed by atoms with van der Waals surface area (Å²) in [5.74, 6) is 0.761. The molecule has 1 amide bonds. The first kappa shape index (κ1) is 23.6. The van der Waals surface area contributed by atoms with Gasteiger partial charge in [-0.15, -0.1) is 0 Å². The maximum absolute atomic E-state index is 13.3. The first-order chi connectivity index (χ1) is 15.8. The zero-order valence-electron chi connectivity index (χ0n) is 19.0. The SMILES string of the molecule is COc1ccc(CC(=O)N2CC(CN3CCCCC3)C(c3cccc(C(F)(F)F)c3)C2)cc1. The fourth-order valence-corrected chi connectivity index (χ4v) is 5.09. The summed E-state index contributed by atoms with van der Waals surface area (Å²) in [6.07, 6.45) is -0.566. The van der Waals surface area contributed by atoms with Crippen LogP contribution in [0.2, 0.25) is 0 Å². The van der Waals surface area contributed by atoms with E-state index in [2.05, 4.69) is 4.90 Å². The topological polar surface area (TPSA) is 32.8 Å². The lowest BCUT2D eigenvalue weighted by atomic mass is 9.87. The Balaban J connectivity index is 1.52. The average molecular weight is 461 g/mol. The van der Waals surface area contributed by atoms with Crippen LogP contribution in [0.3, 0.4) is 0 Å². The molecule has 2 aromatic carbocycles. The lowest BCUT2D eigenvalue weighted by Gasteiger charge is -2.31. The van der Waals surface area contributed by atoms with Gasteiger partial charge < -0.3 is 14.5 Å². The van der Waals surface area contributed by atoms with Gasteiger partial charge in [-0.3, -0.25) is 4.79 Å². The fraction of sp³-hybridized carbons (Fsp3) is 0.500. The van der Waals surface area contributed by atoms with Crippen LogP contribution in [0.1, 0.15) is 41.9 Å². The normalized spacial score (nSPS) is 21.9. The number of alkyl halides is 3. The van der Waals surface area contributed by atoms with Crippen molar-refractivity contribution in [2.45, 2.75) is 37.8 Å². The standard InChI is InChI=1S/C26H31F3N2O2/c1-33-23-10-8-19(9-11-23)14-25(32)31-17-21(16-30-12-3-2-4-13-30)24(18-31)20-6-5-7-22(15-20)26(27,28)29/h5-11,15,21,24H,2-4,12-14,16-18H2,1H3. The number of rotatable bonds is 6. The molecule has 2 saturated heterocycles. The first-order valence-electron chi connectivity index (χ1n) is 11.6. The monoisotopic (exact) mass is 460 g/mol. The number of carbonyl (C=O) groups is 1. The third-order valence-electron chi connectivity index (χ3n) is 6.89. The molecule has 0 N–H and O–H groups in total. The Morgan fingerprint density at radius 3 is 2.42 bits per heavy atom. The molecule has 7 heteroatoms. The molecule has 0 saturated carbocycles. The molecule has 0 radical (unpaired) electrons. The van der Waals surface area contributed by atoms with Crippen LogP contribution in [0.5, 0.6) is 5.75 Å². The lowest BCUT2D eigenvalue weighted by Crippen LogP contribution is -2.37. The van der Waals surface area contributed by atoms with E-state index in [0.29, 0.717) is 18.7 Å². The predicted molar refractivity (Wildman–Crippen MR) is 121 cm³/mol. The highest BCUT2D eigenvalue weighted by Crippen LogP contribution is 2.37. The molecule has 2 aromatic rings. The summed E-state index contributed by atoms with van der Waals surface area (Å²) in [5.41, 5.74) is 0.946. The van der Waals surface area contributed by atoms with Gasteiger partial charge in [0.05, 0.1) is 19.1 Å². The van der Waals surface area contributed by atoms with Gasteiger partial charge in [-0.25, -0.2) is 0 Å². The molecule has 2 fully saturated rings. The molecule has 4 nitrogen and oxygen atoms in total. The maximum Gasteiger partial charge on any atom is 0.416 e. The molecular formula is C26H31F3N2O2. The molecule has 0 spiro atoms. The summed E-state index contributed by atoms with van der Waals surface area (Å²) in [6, 6.07) is 13.1. The van der Waals surface area contributed by atoms with E-state index in [-0.39, 0.29) is 24.2 Å². The van der Waals surface area contributed by atoms with E-state index in [1.54, 1.807) is 13.2 Å². The minimum absolute atomic E-state index is 0.0123. The number of halogens is 3. The second kappa shape index (κ2) is 10.2. The summed E-state index contributed by atoms with van der Waals surface area (Å²) in [6.45, 7) is 3.88. The number of benzene rings is 2. The summed E-state index contributed by atoms with van der Waals surface area (Å²) < 4.78 is 45.2. The van der Waals surface area contributed by atoms with Gasteiger partial charge in [-0.05, 0) is 61.2 Å². The third kappa shape index (κ3) is 5.88. The molecule has 2 aliphatic rings. The second-order valence-corrected chi connectivity index (χ2v) is 9.17. The average Bonchev–Trinajstić information content (AvgIpc) is 3.24. The van der Waals surface area contributed by atoms with Crippen molar-refractivity contribution in [1.82, 2.24) is 9.80 Å². The Morgan fingerprint density at radius 1 is 1.03 bits per heavy atom. The van der Waals surface area contributed by atoms with Crippen molar-refractivity contribution < 1.29 is 22.7 Å². The van der Waals surface area contributed by atoms with Crippen molar-refractivity contribution >= 4 is 5.91 Å². The summed E-state index contributed by atoms with van der Waals surface area (Å²) in [7, 11) is 1.60. The van der Waals surface area contributed by atoms with Gasteiger partial charge in [0.2, 0.25) is 5.91 Å². The molecule has 33 heavy (non-hydrogen) atoms. The van der Waals surface area contributed by atoms with Crippen LogP contribution in [0.15, 0.2) is 48.5 Å². The van der Waals surface area contributed by atoms with Gasteiger partial charge in [-0.1, -0.05) is 36.8 Å². The van der Waals surface area contributed by atoms with Gasteiger partial charge in [0.15, 0.2) is 0 Å². The van der Waals surface area contributed by atoms with Crippen LogP contribution >= 0.6 is 0 Å². The highest BCUT2D eigenvalue weighted by molar-refractivity contribution is 5.79. The van der Waals surface area contributed by atoms with E-state index in [0.717, 1.165) is 49.9 Å². The first-order valence-corrected chi connectivity index (χ1v) is 11.6. The quantitative estimate of drug-likeness (QED) is 0.609. The number of piperidine rings is 1. The number of likely N-dealkylation sites (tertiary alicyclic amines) is 2. The van der Waals surface area contributed by atoms with Crippen LogP contribution < -0.4 is 4.74 Å². The van der Waals surface area contributed by atoms with Gasteiger partial charge in [0.25, 0.3) is 0 Å². The number of hydrogen-bond acceptors (Lipinski definition) is 3. The van der Waals surface area contributed by atoms with Crippen molar-refractivity contribution in [3.8, 4) is 5.75 Å². The molecule has 2 heterocycles. The smallest absolute Gasteiger partial charge is 0.416 e. The number of amides is 1. The molecule has 0 aliphatic carbocycles. The maximum atomic E-state index is 13.3. The van der Waals surface area contributed by atoms with Crippen LogP contribution in [-0.2, 0) is 17.4 Å².